The van der Waals surface area contributed by atoms with Crippen LogP contribution in [0.15, 0.2) is 17.1 Å². The molecule has 0 atom stereocenters. The van der Waals surface area contributed by atoms with Crippen molar-refractivity contribution in [1.82, 2.24) is 0 Å². The van der Waals surface area contributed by atoms with E-state index in [2.05, 4.69) is 4.99 Å². The van der Waals surface area contributed by atoms with Crippen molar-refractivity contribution in [2.75, 3.05) is 0 Å². The highest BCUT2D eigenvalue weighted by Crippen LogP contribution is 2.25. The third kappa shape index (κ3) is 2.29. The van der Waals surface area contributed by atoms with Crippen LogP contribution in [0.5, 0.6) is 0 Å². The second-order valence-electron chi connectivity index (χ2n) is 2.25. The number of aliphatic imine (C=N–C) groups is 1. The Balaban J connectivity index is 3.29. The summed E-state index contributed by atoms with van der Waals surface area (Å²) in [4.78, 5) is 3.26. The van der Waals surface area contributed by atoms with Gasteiger partial charge in [0.15, 0.2) is 17.6 Å². The number of benzene rings is 1. The molecule has 0 heterocycles. The van der Waals surface area contributed by atoms with Gasteiger partial charge in [-0.15, -0.1) is 0 Å². The molecule has 0 aliphatic heterocycles. The van der Waals surface area contributed by atoms with E-state index in [4.69, 9.17) is 23.1 Å². The summed E-state index contributed by atoms with van der Waals surface area (Å²) in [5, 5.41) is -0.0513. The van der Waals surface area contributed by atoms with Crippen LogP contribution in [0.25, 0.3) is 0 Å². The highest BCUT2D eigenvalue weighted by molar-refractivity contribution is 6.30. The van der Waals surface area contributed by atoms with Crippen LogP contribution in [0.1, 0.15) is 0 Å². The van der Waals surface area contributed by atoms with Gasteiger partial charge in [0.1, 0.15) is 5.69 Å². The van der Waals surface area contributed by atoms with Gasteiger partial charge in [0.05, 0.1) is 0 Å². The molecule has 1 rings (SSSR count). The fourth-order valence-corrected chi connectivity index (χ4v) is 0.962. The Labute approximate surface area is 78.0 Å². The maximum absolute atomic E-state index is 12.9. The standard InChI is InChI=1S/C7H6ClF2N3/c8-3-1-4(9)6(5(10)2-3)13-7(11)12/h1-2H,(H4,11,12,13). The van der Waals surface area contributed by atoms with E-state index in [1.54, 1.807) is 0 Å². The second kappa shape index (κ2) is 3.57. The summed E-state index contributed by atoms with van der Waals surface area (Å²) in [6, 6.07) is 1.85. The first-order valence-electron chi connectivity index (χ1n) is 3.25. The van der Waals surface area contributed by atoms with Crippen LogP contribution < -0.4 is 11.5 Å². The molecule has 0 unspecified atom stereocenters. The lowest BCUT2D eigenvalue weighted by atomic mass is 10.3. The van der Waals surface area contributed by atoms with Gasteiger partial charge in [0.2, 0.25) is 0 Å². The molecule has 0 aliphatic carbocycles. The Morgan fingerprint density at radius 2 is 1.69 bits per heavy atom. The summed E-state index contributed by atoms with van der Waals surface area (Å²) in [6.45, 7) is 0. The number of nitrogens with zero attached hydrogens (tertiary/aromatic N) is 1. The van der Waals surface area contributed by atoms with Gasteiger partial charge in [0.25, 0.3) is 0 Å². The summed E-state index contributed by atoms with van der Waals surface area (Å²) < 4.78 is 25.9. The molecule has 0 aromatic heterocycles. The SMILES string of the molecule is NC(N)=Nc1c(F)cc(Cl)cc1F. The molecular formula is C7H6ClF2N3. The average molecular weight is 206 g/mol. The van der Waals surface area contributed by atoms with Gasteiger partial charge in [-0.25, -0.2) is 13.8 Å². The zero-order valence-corrected chi connectivity index (χ0v) is 7.15. The highest BCUT2D eigenvalue weighted by Gasteiger charge is 2.09. The molecule has 1 aromatic rings. The lowest BCUT2D eigenvalue weighted by Gasteiger charge is -1.99. The molecule has 0 aliphatic rings. The Kier molecular flexibility index (Phi) is 2.67. The van der Waals surface area contributed by atoms with Gasteiger partial charge < -0.3 is 11.5 Å². The number of halogens is 3. The molecule has 13 heavy (non-hydrogen) atoms. The molecule has 0 amide bonds. The summed E-state index contributed by atoms with van der Waals surface area (Å²) in [6.07, 6.45) is 0. The second-order valence-corrected chi connectivity index (χ2v) is 2.69. The van der Waals surface area contributed by atoms with Crippen LogP contribution in [0.4, 0.5) is 14.5 Å². The highest BCUT2D eigenvalue weighted by atomic mass is 35.5. The lowest BCUT2D eigenvalue weighted by molar-refractivity contribution is 0.587. The van der Waals surface area contributed by atoms with Crippen LogP contribution in [0, 0.1) is 11.6 Å². The maximum Gasteiger partial charge on any atom is 0.191 e. The van der Waals surface area contributed by atoms with E-state index in [-0.39, 0.29) is 5.02 Å². The predicted molar refractivity (Wildman–Crippen MR) is 46.8 cm³/mol. The number of guanidine groups is 1. The zero-order valence-electron chi connectivity index (χ0n) is 6.39. The Hall–Kier alpha value is -1.36. The van der Waals surface area contributed by atoms with E-state index in [9.17, 15) is 8.78 Å². The van der Waals surface area contributed by atoms with Crippen molar-refractivity contribution in [1.29, 1.82) is 0 Å². The molecule has 0 saturated carbocycles. The molecule has 0 radical (unpaired) electrons. The van der Waals surface area contributed by atoms with Crippen molar-refractivity contribution < 1.29 is 8.78 Å². The minimum atomic E-state index is -0.904. The summed E-state index contributed by atoms with van der Waals surface area (Å²) in [5.74, 6) is -2.23. The molecular weight excluding hydrogens is 200 g/mol. The molecule has 0 bridgehead atoms. The van der Waals surface area contributed by atoms with E-state index in [1.165, 1.54) is 0 Å². The Morgan fingerprint density at radius 3 is 2.08 bits per heavy atom. The normalized spacial score (nSPS) is 9.77. The average Bonchev–Trinajstić information content (AvgIpc) is 1.96. The number of nitrogens with two attached hydrogens (primary N) is 2. The van der Waals surface area contributed by atoms with Crippen molar-refractivity contribution in [3.63, 3.8) is 0 Å². The minimum Gasteiger partial charge on any atom is -0.370 e. The maximum atomic E-state index is 12.9. The first kappa shape index (κ1) is 9.73. The van der Waals surface area contributed by atoms with Crippen molar-refractivity contribution in [3.8, 4) is 0 Å². The molecule has 1 aromatic carbocycles. The van der Waals surface area contributed by atoms with Crippen LogP contribution in [-0.4, -0.2) is 5.96 Å². The first-order chi connectivity index (χ1) is 6.00. The molecule has 4 N–H and O–H groups in total. The molecule has 6 heteroatoms. The monoisotopic (exact) mass is 205 g/mol. The minimum absolute atomic E-state index is 0.0513. The van der Waals surface area contributed by atoms with E-state index < -0.39 is 23.3 Å². The van der Waals surface area contributed by atoms with Crippen molar-refractivity contribution in [2.45, 2.75) is 0 Å². The smallest absolute Gasteiger partial charge is 0.191 e. The lowest BCUT2D eigenvalue weighted by Crippen LogP contribution is -2.22. The zero-order chi connectivity index (χ0) is 10.0. The van der Waals surface area contributed by atoms with Crippen LogP contribution in [0.2, 0.25) is 5.02 Å². The molecule has 0 spiro atoms. The summed E-state index contributed by atoms with van der Waals surface area (Å²) >= 11 is 5.37. The predicted octanol–water partition coefficient (Wildman–Crippen LogP) is 1.52. The quantitative estimate of drug-likeness (QED) is 0.539. The van der Waals surface area contributed by atoms with E-state index in [1.807, 2.05) is 0 Å². The van der Waals surface area contributed by atoms with Crippen LogP contribution in [0.3, 0.4) is 0 Å². The van der Waals surface area contributed by atoms with Crippen molar-refractivity contribution >= 4 is 23.2 Å². The topological polar surface area (TPSA) is 64.4 Å². The molecule has 0 saturated heterocycles. The van der Waals surface area contributed by atoms with Gasteiger partial charge in [-0.3, -0.25) is 0 Å². The first-order valence-corrected chi connectivity index (χ1v) is 3.62. The van der Waals surface area contributed by atoms with Crippen LogP contribution >= 0.6 is 11.6 Å². The van der Waals surface area contributed by atoms with Gasteiger partial charge in [0, 0.05) is 5.02 Å². The van der Waals surface area contributed by atoms with E-state index in [0.717, 1.165) is 12.1 Å². The molecule has 3 nitrogen and oxygen atoms in total. The fraction of sp³-hybridized carbons (Fsp3) is 0. The number of hydrogen-bond donors (Lipinski definition) is 2. The van der Waals surface area contributed by atoms with Crippen LogP contribution in [-0.2, 0) is 0 Å². The third-order valence-electron chi connectivity index (χ3n) is 1.22. The molecule has 70 valence electrons. The Morgan fingerprint density at radius 1 is 1.23 bits per heavy atom. The number of rotatable bonds is 1. The van der Waals surface area contributed by atoms with E-state index >= 15 is 0 Å². The van der Waals surface area contributed by atoms with Gasteiger partial charge in [-0.05, 0) is 12.1 Å². The van der Waals surface area contributed by atoms with Gasteiger partial charge in [-0.2, -0.15) is 0 Å². The molecule has 0 fully saturated rings. The van der Waals surface area contributed by atoms with Gasteiger partial charge in [-0.1, -0.05) is 11.6 Å². The Bertz CT molecular complexity index is 338. The van der Waals surface area contributed by atoms with Crippen molar-refractivity contribution in [2.24, 2.45) is 16.5 Å². The van der Waals surface area contributed by atoms with E-state index in [0.29, 0.717) is 0 Å². The summed E-state index contributed by atoms with van der Waals surface area (Å²) in [5.41, 5.74) is 9.39. The van der Waals surface area contributed by atoms with Crippen molar-refractivity contribution in [3.05, 3.63) is 28.8 Å². The largest absolute Gasteiger partial charge is 0.370 e. The third-order valence-corrected chi connectivity index (χ3v) is 1.44. The fourth-order valence-electron chi connectivity index (χ4n) is 0.770. The number of hydrogen-bond acceptors (Lipinski definition) is 1. The summed E-state index contributed by atoms with van der Waals surface area (Å²) in [7, 11) is 0. The van der Waals surface area contributed by atoms with Gasteiger partial charge >= 0.3 is 0 Å².